The molecule has 0 aliphatic heterocycles. The van der Waals surface area contributed by atoms with Crippen molar-refractivity contribution in [2.24, 2.45) is 5.92 Å². The van der Waals surface area contributed by atoms with Crippen LogP contribution in [-0.2, 0) is 6.61 Å². The van der Waals surface area contributed by atoms with Gasteiger partial charge in [-0.2, -0.15) is 0 Å². The summed E-state index contributed by atoms with van der Waals surface area (Å²) in [6, 6.07) is 2.39. The molecule has 0 aromatic heterocycles. The first-order valence-corrected chi connectivity index (χ1v) is 6.83. The highest BCUT2D eigenvalue weighted by molar-refractivity contribution is 5.50. The van der Waals surface area contributed by atoms with Crippen molar-refractivity contribution in [1.29, 1.82) is 0 Å². The smallest absolute Gasteiger partial charge is 0.149 e. The summed E-state index contributed by atoms with van der Waals surface area (Å²) in [5, 5.41) is 8.98. The SMILES string of the molecule is CC(C)CN(CCN(C)C)c1c(F)cc(CO)cc1F. The molecule has 0 heterocycles. The van der Waals surface area contributed by atoms with Crippen molar-refractivity contribution < 1.29 is 13.9 Å². The third kappa shape index (κ3) is 4.72. The Balaban J connectivity index is 3.05. The lowest BCUT2D eigenvalue weighted by molar-refractivity contribution is 0.280. The molecule has 114 valence electrons. The third-order valence-corrected chi connectivity index (χ3v) is 2.98. The highest BCUT2D eigenvalue weighted by Crippen LogP contribution is 2.26. The van der Waals surface area contributed by atoms with Crippen LogP contribution in [0.2, 0.25) is 0 Å². The maximum absolute atomic E-state index is 14.1. The zero-order valence-electron chi connectivity index (χ0n) is 12.7. The molecule has 3 nitrogen and oxygen atoms in total. The van der Waals surface area contributed by atoms with Crippen LogP contribution in [0.15, 0.2) is 12.1 Å². The van der Waals surface area contributed by atoms with E-state index in [9.17, 15) is 8.78 Å². The van der Waals surface area contributed by atoms with Crippen LogP contribution in [0.1, 0.15) is 19.4 Å². The minimum Gasteiger partial charge on any atom is -0.392 e. The zero-order chi connectivity index (χ0) is 15.3. The summed E-state index contributed by atoms with van der Waals surface area (Å²) in [4.78, 5) is 3.71. The molecule has 20 heavy (non-hydrogen) atoms. The predicted octanol–water partition coefficient (Wildman–Crippen LogP) is 2.48. The maximum Gasteiger partial charge on any atom is 0.149 e. The Morgan fingerprint density at radius 1 is 1.10 bits per heavy atom. The fourth-order valence-electron chi connectivity index (χ4n) is 2.07. The molecule has 0 saturated carbocycles. The van der Waals surface area contributed by atoms with E-state index in [1.165, 1.54) is 12.1 Å². The van der Waals surface area contributed by atoms with Gasteiger partial charge in [-0.3, -0.25) is 0 Å². The first kappa shape index (κ1) is 16.9. The minimum absolute atomic E-state index is 0.00208. The van der Waals surface area contributed by atoms with Gasteiger partial charge in [-0.15, -0.1) is 0 Å². The second-order valence-corrected chi connectivity index (χ2v) is 5.71. The standard InChI is InChI=1S/C15H24F2N2O/c1-11(2)9-19(6-5-18(3)4)15-13(16)7-12(10-20)8-14(15)17/h7-8,11,20H,5-6,9-10H2,1-4H3. The van der Waals surface area contributed by atoms with Crippen LogP contribution >= 0.6 is 0 Å². The van der Waals surface area contributed by atoms with E-state index in [0.29, 0.717) is 25.6 Å². The van der Waals surface area contributed by atoms with Crippen molar-refractivity contribution in [2.45, 2.75) is 20.5 Å². The molecule has 0 fully saturated rings. The normalized spacial score (nSPS) is 11.4. The first-order chi connectivity index (χ1) is 9.35. The van der Waals surface area contributed by atoms with Crippen molar-refractivity contribution in [3.05, 3.63) is 29.3 Å². The summed E-state index contributed by atoms with van der Waals surface area (Å²) in [7, 11) is 3.85. The summed E-state index contributed by atoms with van der Waals surface area (Å²) in [5.74, 6) is -0.935. The van der Waals surface area contributed by atoms with Gasteiger partial charge in [0.05, 0.1) is 6.61 Å². The first-order valence-electron chi connectivity index (χ1n) is 6.83. The Labute approximate surface area is 119 Å². The Hall–Kier alpha value is -1.20. The molecular weight excluding hydrogens is 262 g/mol. The van der Waals surface area contributed by atoms with Crippen LogP contribution < -0.4 is 4.90 Å². The van der Waals surface area contributed by atoms with E-state index in [2.05, 4.69) is 0 Å². The Morgan fingerprint density at radius 2 is 1.65 bits per heavy atom. The van der Waals surface area contributed by atoms with Crippen molar-refractivity contribution in [3.63, 3.8) is 0 Å². The number of nitrogens with zero attached hydrogens (tertiary/aromatic N) is 2. The van der Waals surface area contributed by atoms with Crippen LogP contribution in [0.3, 0.4) is 0 Å². The summed E-state index contributed by atoms with van der Waals surface area (Å²) in [6.07, 6.45) is 0. The van der Waals surface area contributed by atoms with E-state index in [1.807, 2.05) is 32.8 Å². The van der Waals surface area contributed by atoms with Gasteiger partial charge in [-0.05, 0) is 37.7 Å². The summed E-state index contributed by atoms with van der Waals surface area (Å²) < 4.78 is 28.2. The van der Waals surface area contributed by atoms with Crippen LogP contribution in [0.5, 0.6) is 0 Å². The van der Waals surface area contributed by atoms with E-state index in [4.69, 9.17) is 5.11 Å². The fourth-order valence-corrected chi connectivity index (χ4v) is 2.07. The number of aliphatic hydroxyl groups excluding tert-OH is 1. The van der Waals surface area contributed by atoms with E-state index < -0.39 is 11.6 Å². The molecule has 1 aromatic carbocycles. The minimum atomic E-state index is -0.617. The predicted molar refractivity (Wildman–Crippen MR) is 77.9 cm³/mol. The lowest BCUT2D eigenvalue weighted by atomic mass is 10.1. The molecule has 0 atom stereocenters. The number of rotatable bonds is 7. The summed E-state index contributed by atoms with van der Waals surface area (Å²) in [5.41, 5.74) is 0.249. The van der Waals surface area contributed by atoms with Gasteiger partial charge in [0.1, 0.15) is 17.3 Å². The summed E-state index contributed by atoms with van der Waals surface area (Å²) >= 11 is 0. The number of hydrogen-bond acceptors (Lipinski definition) is 3. The fraction of sp³-hybridized carbons (Fsp3) is 0.600. The Kier molecular flexibility index (Phi) is 6.36. The second kappa shape index (κ2) is 7.55. The van der Waals surface area contributed by atoms with Crippen molar-refractivity contribution in [2.75, 3.05) is 38.6 Å². The largest absolute Gasteiger partial charge is 0.392 e. The van der Waals surface area contributed by atoms with E-state index in [1.54, 1.807) is 4.90 Å². The van der Waals surface area contributed by atoms with Gasteiger partial charge in [0.15, 0.2) is 0 Å². The van der Waals surface area contributed by atoms with Gasteiger partial charge in [0.2, 0.25) is 0 Å². The average molecular weight is 286 g/mol. The zero-order valence-corrected chi connectivity index (χ0v) is 12.7. The molecule has 0 unspecified atom stereocenters. The molecule has 1 rings (SSSR count). The van der Waals surface area contributed by atoms with Crippen molar-refractivity contribution in [3.8, 4) is 0 Å². The number of likely N-dealkylation sites (N-methyl/N-ethyl adjacent to an activating group) is 1. The quantitative estimate of drug-likeness (QED) is 0.834. The average Bonchev–Trinajstić information content (AvgIpc) is 2.33. The Morgan fingerprint density at radius 3 is 2.05 bits per heavy atom. The van der Waals surface area contributed by atoms with Gasteiger partial charge in [-0.25, -0.2) is 8.78 Å². The molecule has 0 spiro atoms. The van der Waals surface area contributed by atoms with Gasteiger partial charge in [0, 0.05) is 19.6 Å². The molecule has 0 aliphatic rings. The molecule has 0 saturated heterocycles. The van der Waals surface area contributed by atoms with Gasteiger partial charge < -0.3 is 14.9 Å². The number of anilines is 1. The van der Waals surface area contributed by atoms with E-state index in [0.717, 1.165) is 0 Å². The molecule has 0 bridgehead atoms. The van der Waals surface area contributed by atoms with Crippen molar-refractivity contribution in [1.82, 2.24) is 4.90 Å². The molecule has 0 aliphatic carbocycles. The Bertz CT molecular complexity index is 413. The highest BCUT2D eigenvalue weighted by atomic mass is 19.1. The van der Waals surface area contributed by atoms with Crippen LogP contribution in [0.25, 0.3) is 0 Å². The highest BCUT2D eigenvalue weighted by Gasteiger charge is 2.19. The molecule has 0 amide bonds. The van der Waals surface area contributed by atoms with Crippen LogP contribution in [-0.4, -0.2) is 43.7 Å². The number of aliphatic hydroxyl groups is 1. The number of benzene rings is 1. The van der Waals surface area contributed by atoms with Gasteiger partial charge in [0.25, 0.3) is 0 Å². The number of hydrogen-bond donors (Lipinski definition) is 1. The lowest BCUT2D eigenvalue weighted by Gasteiger charge is -2.29. The van der Waals surface area contributed by atoms with Gasteiger partial charge in [-0.1, -0.05) is 13.8 Å². The van der Waals surface area contributed by atoms with Crippen LogP contribution in [0, 0.1) is 17.6 Å². The van der Waals surface area contributed by atoms with Crippen molar-refractivity contribution >= 4 is 5.69 Å². The monoisotopic (exact) mass is 286 g/mol. The lowest BCUT2D eigenvalue weighted by Crippen LogP contribution is -2.35. The van der Waals surface area contributed by atoms with E-state index >= 15 is 0 Å². The molecule has 1 aromatic rings. The van der Waals surface area contributed by atoms with Gasteiger partial charge >= 0.3 is 0 Å². The summed E-state index contributed by atoms with van der Waals surface area (Å²) in [6.45, 7) is 5.52. The molecule has 5 heteroatoms. The second-order valence-electron chi connectivity index (χ2n) is 5.71. The topological polar surface area (TPSA) is 26.7 Å². The van der Waals surface area contributed by atoms with Crippen LogP contribution in [0.4, 0.5) is 14.5 Å². The maximum atomic E-state index is 14.1. The van der Waals surface area contributed by atoms with E-state index in [-0.39, 0.29) is 17.9 Å². The molecule has 1 N–H and O–H groups in total. The third-order valence-electron chi connectivity index (χ3n) is 2.98. The number of halogens is 2. The molecular formula is C15H24F2N2O. The molecule has 0 radical (unpaired) electrons.